The maximum atomic E-state index is 13.1. The maximum Gasteiger partial charge on any atom is 0.243 e. The molecule has 42 heavy (non-hydrogen) atoms. The fourth-order valence-electron chi connectivity index (χ4n) is 3.53. The second-order valence-electron chi connectivity index (χ2n) is 10.9. The lowest BCUT2D eigenvalue weighted by Gasteiger charge is -2.27. The predicted octanol–water partition coefficient (Wildman–Crippen LogP) is -3.12. The topological polar surface area (TPSA) is 238 Å². The van der Waals surface area contributed by atoms with Gasteiger partial charge in [-0.1, -0.05) is 41.5 Å². The molecule has 0 aromatic heterocycles. The average Bonchev–Trinajstić information content (AvgIpc) is 2.92. The molecule has 0 unspecified atom stereocenters. The molecule has 16 heteroatoms. The molecule has 0 aromatic carbocycles. The van der Waals surface area contributed by atoms with Crippen molar-refractivity contribution in [3.8, 4) is 0 Å². The predicted molar refractivity (Wildman–Crippen MR) is 157 cm³/mol. The lowest BCUT2D eigenvalue weighted by Crippen LogP contribution is -2.58. The van der Waals surface area contributed by atoms with Crippen LogP contribution < -0.4 is 37.6 Å². The number of nitrogens with two attached hydrogens (primary N) is 1. The first-order valence-corrected chi connectivity index (χ1v) is 14.3. The van der Waals surface area contributed by atoms with Gasteiger partial charge in [-0.3, -0.25) is 33.6 Å². The summed E-state index contributed by atoms with van der Waals surface area (Å²) in [6, 6.07) is -5.21. The lowest BCUT2D eigenvalue weighted by molar-refractivity contribution is -0.134. The Morgan fingerprint density at radius 2 is 1.24 bits per heavy atom. The molecule has 6 amide bonds. The summed E-state index contributed by atoms with van der Waals surface area (Å²) in [5, 5.41) is 23.6. The normalized spacial score (nSPS) is 14.7. The Bertz CT molecular complexity index is 948. The summed E-state index contributed by atoms with van der Waals surface area (Å²) in [6.45, 7) is 8.78. The third-order valence-electron chi connectivity index (χ3n) is 5.89. The molecule has 0 aliphatic heterocycles. The van der Waals surface area contributed by atoms with Gasteiger partial charge in [0.2, 0.25) is 41.7 Å². The molecule has 0 bridgehead atoms. The highest BCUT2D eigenvalue weighted by atomic mass is 32.1. The van der Waals surface area contributed by atoms with Crippen LogP contribution in [0.4, 0.5) is 0 Å². The Balaban J connectivity index is 5.24. The fourth-order valence-corrected chi connectivity index (χ4v) is 3.69. The van der Waals surface area contributed by atoms with Crippen LogP contribution >= 0.6 is 12.6 Å². The molecule has 0 saturated carbocycles. The van der Waals surface area contributed by atoms with E-state index in [0.29, 0.717) is 6.42 Å². The van der Waals surface area contributed by atoms with E-state index >= 15 is 0 Å². The number of carbonyl (C=O) groups excluding carboxylic acids is 7. The number of thiol groups is 1. The van der Waals surface area contributed by atoms with Gasteiger partial charge in [-0.25, -0.2) is 0 Å². The van der Waals surface area contributed by atoms with E-state index in [-0.39, 0.29) is 11.7 Å². The van der Waals surface area contributed by atoms with E-state index in [2.05, 4.69) is 44.5 Å². The van der Waals surface area contributed by atoms with E-state index in [0.717, 1.165) is 0 Å². The van der Waals surface area contributed by atoms with Crippen molar-refractivity contribution in [2.75, 3.05) is 25.4 Å². The molecule has 0 fully saturated rings. The van der Waals surface area contributed by atoms with Gasteiger partial charge in [-0.05, 0) is 24.2 Å². The van der Waals surface area contributed by atoms with E-state index in [9.17, 15) is 33.6 Å². The van der Waals surface area contributed by atoms with Gasteiger partial charge >= 0.3 is 0 Å². The van der Waals surface area contributed by atoms with Crippen molar-refractivity contribution in [1.82, 2.24) is 31.9 Å². The van der Waals surface area contributed by atoms with Crippen LogP contribution in [0.15, 0.2) is 0 Å². The lowest BCUT2D eigenvalue weighted by atomic mass is 9.99. The van der Waals surface area contributed by atoms with Gasteiger partial charge in [0.1, 0.15) is 24.2 Å². The molecule has 0 rings (SSSR count). The Morgan fingerprint density at radius 1 is 0.738 bits per heavy atom. The number of aliphatic hydroxyl groups is 1. The van der Waals surface area contributed by atoms with Crippen molar-refractivity contribution in [3.63, 3.8) is 0 Å². The number of hydrogen-bond donors (Lipinski definition) is 9. The molecule has 1 radical (unpaired) electrons. The highest BCUT2D eigenvalue weighted by molar-refractivity contribution is 7.80. The minimum atomic E-state index is -1.23. The standard InChI is InChI=1S/C26H46N7O8S/c1-13(2)7-18(31-23(38)17(27)12-42)24(39)28-9-20(37)32-22(15(5)6)26(41)33-21(14(3)4)25(40)29-8-19(36)30-16(10-34)11-35/h13-18,21-22,34,42H,7-10,12,27H2,1-6H3,(H,28,39)(H,29,40)(H,30,36)(H,31,38)(H,32,37)(H,33,41)/t16-,17-,18-,21-,22-/m0/s1. The zero-order valence-electron chi connectivity index (χ0n) is 25.0. The highest BCUT2D eigenvalue weighted by Crippen LogP contribution is 2.08. The Hall–Kier alpha value is -3.24. The Labute approximate surface area is 252 Å². The molecular weight excluding hydrogens is 570 g/mol. The summed E-state index contributed by atoms with van der Waals surface area (Å²) in [5.41, 5.74) is 5.67. The summed E-state index contributed by atoms with van der Waals surface area (Å²) < 4.78 is 0. The SMILES string of the molecule is CC(C)C[C@H](NC(=O)[C@@H](N)CS)C(=O)NCC(=O)N[C@H](C(=O)N[C@H](C(=O)NCC(=O)N[C@H]([C]=O)CO)C(C)C)C(C)C. The van der Waals surface area contributed by atoms with Crippen molar-refractivity contribution in [3.05, 3.63) is 0 Å². The first kappa shape index (κ1) is 38.8. The molecule has 0 saturated heterocycles. The smallest absolute Gasteiger partial charge is 0.243 e. The van der Waals surface area contributed by atoms with Crippen LogP contribution in [0.5, 0.6) is 0 Å². The first-order valence-electron chi connectivity index (χ1n) is 13.7. The quantitative estimate of drug-likeness (QED) is 0.0666. The third kappa shape index (κ3) is 14.6. The molecule has 0 aromatic rings. The van der Waals surface area contributed by atoms with Crippen LogP contribution in [-0.2, 0) is 33.6 Å². The van der Waals surface area contributed by atoms with Crippen molar-refractivity contribution < 1.29 is 38.7 Å². The minimum absolute atomic E-state index is 0.0453. The molecule has 5 atom stereocenters. The van der Waals surface area contributed by atoms with Crippen LogP contribution in [0, 0.1) is 17.8 Å². The van der Waals surface area contributed by atoms with Crippen molar-refractivity contribution in [2.45, 2.75) is 78.2 Å². The third-order valence-corrected chi connectivity index (χ3v) is 6.29. The average molecular weight is 617 g/mol. The van der Waals surface area contributed by atoms with E-state index in [1.807, 2.05) is 13.8 Å². The molecule has 9 N–H and O–H groups in total. The van der Waals surface area contributed by atoms with E-state index < -0.39 is 97.2 Å². The largest absolute Gasteiger partial charge is 0.394 e. The van der Waals surface area contributed by atoms with E-state index in [1.165, 1.54) is 6.29 Å². The summed E-state index contributed by atoms with van der Waals surface area (Å²) >= 11 is 3.98. The van der Waals surface area contributed by atoms with Crippen LogP contribution in [0.25, 0.3) is 0 Å². The molecule has 239 valence electrons. The number of hydrogen-bond acceptors (Lipinski definition) is 10. The zero-order valence-corrected chi connectivity index (χ0v) is 25.9. The van der Waals surface area contributed by atoms with Gasteiger partial charge < -0.3 is 42.7 Å². The molecule has 0 aliphatic carbocycles. The number of carbonyl (C=O) groups is 6. The number of amides is 6. The van der Waals surface area contributed by atoms with Gasteiger partial charge in [0.25, 0.3) is 0 Å². The van der Waals surface area contributed by atoms with Crippen molar-refractivity contribution in [1.29, 1.82) is 0 Å². The van der Waals surface area contributed by atoms with E-state index in [4.69, 9.17) is 10.8 Å². The van der Waals surface area contributed by atoms with Crippen LogP contribution in [-0.4, -0.2) is 102 Å². The maximum absolute atomic E-state index is 13.1. The minimum Gasteiger partial charge on any atom is -0.394 e. The van der Waals surface area contributed by atoms with Gasteiger partial charge in [0.05, 0.1) is 25.7 Å². The summed E-state index contributed by atoms with van der Waals surface area (Å²) in [5.74, 6) is -4.59. The number of aliphatic hydroxyl groups excluding tert-OH is 1. The van der Waals surface area contributed by atoms with E-state index in [1.54, 1.807) is 27.7 Å². The second-order valence-corrected chi connectivity index (χ2v) is 11.2. The Kier molecular flexibility index (Phi) is 18.3. The van der Waals surface area contributed by atoms with Crippen LogP contribution in [0.3, 0.4) is 0 Å². The zero-order chi connectivity index (χ0) is 32.6. The number of rotatable bonds is 19. The monoisotopic (exact) mass is 616 g/mol. The van der Waals surface area contributed by atoms with Gasteiger partial charge in [0, 0.05) is 5.75 Å². The highest BCUT2D eigenvalue weighted by Gasteiger charge is 2.31. The molecule has 0 spiro atoms. The first-order chi connectivity index (χ1) is 19.6. The number of nitrogens with one attached hydrogen (secondary N) is 6. The summed E-state index contributed by atoms with van der Waals surface area (Å²) in [6.07, 6.45) is 1.73. The van der Waals surface area contributed by atoms with Crippen molar-refractivity contribution >= 4 is 54.4 Å². The van der Waals surface area contributed by atoms with Gasteiger partial charge in [-0.2, -0.15) is 12.6 Å². The summed E-state index contributed by atoms with van der Waals surface area (Å²) in [4.78, 5) is 85.9. The second kappa shape index (κ2) is 19.8. The fraction of sp³-hybridized carbons (Fsp3) is 0.731. The molecule has 0 heterocycles. The van der Waals surface area contributed by atoms with Gasteiger partial charge in [-0.15, -0.1) is 0 Å². The van der Waals surface area contributed by atoms with Crippen molar-refractivity contribution in [2.24, 2.45) is 23.5 Å². The molecular formula is C26H46N7O8S. The molecule has 0 aliphatic rings. The Morgan fingerprint density at radius 3 is 1.69 bits per heavy atom. The van der Waals surface area contributed by atoms with Crippen LogP contribution in [0.1, 0.15) is 48.0 Å². The summed E-state index contributed by atoms with van der Waals surface area (Å²) in [7, 11) is 0. The molecule has 15 nitrogen and oxygen atoms in total. The van der Waals surface area contributed by atoms with Gasteiger partial charge in [0.15, 0.2) is 0 Å². The van der Waals surface area contributed by atoms with Crippen LogP contribution in [0.2, 0.25) is 0 Å².